The van der Waals surface area contributed by atoms with E-state index in [2.05, 4.69) is 32.0 Å². The monoisotopic (exact) mass is 202 g/mol. The zero-order valence-corrected chi connectivity index (χ0v) is 10.1. The van der Waals surface area contributed by atoms with Crippen LogP contribution in [0.5, 0.6) is 0 Å². The molecule has 0 saturated heterocycles. The van der Waals surface area contributed by atoms with Crippen LogP contribution in [0.3, 0.4) is 0 Å². The van der Waals surface area contributed by atoms with Crippen LogP contribution in [0, 0.1) is 0 Å². The predicted molar refractivity (Wildman–Crippen MR) is 66.4 cm³/mol. The fourth-order valence-electron chi connectivity index (χ4n) is 2.47. The largest absolute Gasteiger partial charge is 0.0587 e. The Balaban J connectivity index is 2.27. The van der Waals surface area contributed by atoms with Crippen molar-refractivity contribution in [1.29, 1.82) is 0 Å². The van der Waals surface area contributed by atoms with Gasteiger partial charge in [0.1, 0.15) is 0 Å². The zero-order chi connectivity index (χ0) is 10.7. The van der Waals surface area contributed by atoms with Gasteiger partial charge in [-0.3, -0.25) is 0 Å². The van der Waals surface area contributed by atoms with Crippen LogP contribution in [0.15, 0.2) is 18.2 Å². The van der Waals surface area contributed by atoms with Crippen molar-refractivity contribution in [3.63, 3.8) is 0 Å². The molecule has 2 rings (SSSR count). The van der Waals surface area contributed by atoms with Crippen LogP contribution in [0.1, 0.15) is 62.1 Å². The van der Waals surface area contributed by atoms with Crippen molar-refractivity contribution in [1.82, 2.24) is 0 Å². The van der Waals surface area contributed by atoms with E-state index in [1.807, 2.05) is 0 Å². The molecule has 0 atom stereocenters. The minimum absolute atomic E-state index is 0.667. The molecule has 15 heavy (non-hydrogen) atoms. The SMILES string of the molecule is CC(C)c1ccc2c(c1)CCCCCC2. The molecule has 0 nitrogen and oxygen atoms in total. The minimum Gasteiger partial charge on any atom is -0.0587 e. The zero-order valence-electron chi connectivity index (χ0n) is 10.1. The molecule has 0 unspecified atom stereocenters. The van der Waals surface area contributed by atoms with Gasteiger partial charge in [0, 0.05) is 0 Å². The number of rotatable bonds is 1. The Morgan fingerprint density at radius 1 is 0.867 bits per heavy atom. The van der Waals surface area contributed by atoms with Crippen molar-refractivity contribution in [2.75, 3.05) is 0 Å². The van der Waals surface area contributed by atoms with Crippen LogP contribution in [-0.4, -0.2) is 0 Å². The first-order valence-corrected chi connectivity index (χ1v) is 6.39. The van der Waals surface area contributed by atoms with E-state index >= 15 is 0 Å². The Bertz CT molecular complexity index is 323. The van der Waals surface area contributed by atoms with Gasteiger partial charge in [0.2, 0.25) is 0 Å². The van der Waals surface area contributed by atoms with Crippen LogP contribution in [0.4, 0.5) is 0 Å². The molecule has 0 spiro atoms. The van der Waals surface area contributed by atoms with E-state index in [-0.39, 0.29) is 0 Å². The van der Waals surface area contributed by atoms with Crippen molar-refractivity contribution in [2.45, 2.75) is 58.3 Å². The van der Waals surface area contributed by atoms with Gasteiger partial charge < -0.3 is 0 Å². The summed E-state index contributed by atoms with van der Waals surface area (Å²) in [4.78, 5) is 0. The van der Waals surface area contributed by atoms with Crippen LogP contribution in [0.2, 0.25) is 0 Å². The molecule has 0 aliphatic heterocycles. The molecule has 0 saturated carbocycles. The van der Waals surface area contributed by atoms with E-state index in [1.54, 1.807) is 11.1 Å². The van der Waals surface area contributed by atoms with Crippen LogP contribution >= 0.6 is 0 Å². The Kier molecular flexibility index (Phi) is 3.45. The molecule has 1 aromatic rings. The van der Waals surface area contributed by atoms with Crippen molar-refractivity contribution >= 4 is 0 Å². The smallest absolute Gasteiger partial charge is 0.0219 e. The summed E-state index contributed by atoms with van der Waals surface area (Å²) in [5.41, 5.74) is 4.74. The Labute approximate surface area is 93.7 Å². The van der Waals surface area contributed by atoms with Gasteiger partial charge in [-0.25, -0.2) is 0 Å². The molecule has 0 aromatic heterocycles. The van der Waals surface area contributed by atoms with Crippen LogP contribution in [-0.2, 0) is 12.8 Å². The molecule has 0 fully saturated rings. The summed E-state index contributed by atoms with van der Waals surface area (Å²) in [5, 5.41) is 0. The number of hydrogen-bond donors (Lipinski definition) is 0. The molecule has 82 valence electrons. The molecular weight excluding hydrogens is 180 g/mol. The first-order valence-electron chi connectivity index (χ1n) is 6.39. The maximum Gasteiger partial charge on any atom is -0.0219 e. The average molecular weight is 202 g/mol. The molecule has 1 aliphatic rings. The standard InChI is InChI=1S/C15H22/c1-12(2)14-10-9-13-7-5-3-4-6-8-15(13)11-14/h9-12H,3-8H2,1-2H3. The number of aryl methyl sites for hydroxylation is 2. The second-order valence-corrected chi connectivity index (χ2v) is 5.10. The van der Waals surface area contributed by atoms with Crippen molar-refractivity contribution in [3.05, 3.63) is 34.9 Å². The maximum atomic E-state index is 2.45. The third-order valence-electron chi connectivity index (χ3n) is 3.54. The van der Waals surface area contributed by atoms with Gasteiger partial charge in [0.05, 0.1) is 0 Å². The highest BCUT2D eigenvalue weighted by molar-refractivity contribution is 5.34. The summed E-state index contributed by atoms with van der Waals surface area (Å²) in [6.07, 6.45) is 8.21. The van der Waals surface area contributed by atoms with Gasteiger partial charge in [-0.1, -0.05) is 44.9 Å². The van der Waals surface area contributed by atoms with E-state index in [0.717, 1.165) is 0 Å². The first kappa shape index (κ1) is 10.7. The Morgan fingerprint density at radius 3 is 2.20 bits per heavy atom. The summed E-state index contributed by atoms with van der Waals surface area (Å²) in [5.74, 6) is 0.667. The number of benzene rings is 1. The summed E-state index contributed by atoms with van der Waals surface area (Å²) in [6, 6.07) is 7.15. The lowest BCUT2D eigenvalue weighted by molar-refractivity contribution is 0.616. The topological polar surface area (TPSA) is 0 Å². The number of fused-ring (bicyclic) bond motifs is 1. The minimum atomic E-state index is 0.667. The molecule has 0 N–H and O–H groups in total. The summed E-state index contributed by atoms with van der Waals surface area (Å²) < 4.78 is 0. The molecule has 1 aromatic carbocycles. The fourth-order valence-corrected chi connectivity index (χ4v) is 2.47. The van der Waals surface area contributed by atoms with E-state index in [9.17, 15) is 0 Å². The van der Waals surface area contributed by atoms with Gasteiger partial charge in [0.15, 0.2) is 0 Å². The molecule has 0 bridgehead atoms. The van der Waals surface area contributed by atoms with Gasteiger partial charge in [0.25, 0.3) is 0 Å². The van der Waals surface area contributed by atoms with E-state index in [4.69, 9.17) is 0 Å². The predicted octanol–water partition coefficient (Wildman–Crippen LogP) is 4.47. The second-order valence-electron chi connectivity index (χ2n) is 5.10. The van der Waals surface area contributed by atoms with E-state index in [0.29, 0.717) is 5.92 Å². The quantitative estimate of drug-likeness (QED) is 0.630. The third kappa shape index (κ3) is 2.62. The molecular formula is C15H22. The summed E-state index contributed by atoms with van der Waals surface area (Å²) in [7, 11) is 0. The van der Waals surface area contributed by atoms with Crippen LogP contribution in [0.25, 0.3) is 0 Å². The normalized spacial score (nSPS) is 17.0. The lowest BCUT2D eigenvalue weighted by atomic mass is 9.90. The fraction of sp³-hybridized carbons (Fsp3) is 0.600. The summed E-state index contributed by atoms with van der Waals surface area (Å²) >= 11 is 0. The molecule has 0 heterocycles. The molecule has 0 amide bonds. The average Bonchev–Trinajstić information content (AvgIpc) is 2.18. The Hall–Kier alpha value is -0.780. The van der Waals surface area contributed by atoms with Crippen molar-refractivity contribution in [3.8, 4) is 0 Å². The summed E-state index contributed by atoms with van der Waals surface area (Å²) in [6.45, 7) is 4.56. The van der Waals surface area contributed by atoms with Crippen molar-refractivity contribution < 1.29 is 0 Å². The molecule has 0 radical (unpaired) electrons. The first-order chi connectivity index (χ1) is 7.27. The lowest BCUT2D eigenvalue weighted by Gasteiger charge is -2.16. The van der Waals surface area contributed by atoms with Crippen molar-refractivity contribution in [2.24, 2.45) is 0 Å². The molecule has 0 heteroatoms. The third-order valence-corrected chi connectivity index (χ3v) is 3.54. The van der Waals surface area contributed by atoms with Gasteiger partial charge in [-0.05, 0) is 48.3 Å². The van der Waals surface area contributed by atoms with Crippen LogP contribution < -0.4 is 0 Å². The highest BCUT2D eigenvalue weighted by atomic mass is 14.1. The highest BCUT2D eigenvalue weighted by Crippen LogP contribution is 2.24. The van der Waals surface area contributed by atoms with Gasteiger partial charge in [-0.2, -0.15) is 0 Å². The lowest BCUT2D eigenvalue weighted by Crippen LogP contribution is -2.01. The highest BCUT2D eigenvalue weighted by Gasteiger charge is 2.08. The Morgan fingerprint density at radius 2 is 1.53 bits per heavy atom. The maximum absolute atomic E-state index is 2.45. The second kappa shape index (κ2) is 4.83. The van der Waals surface area contributed by atoms with E-state index < -0.39 is 0 Å². The number of hydrogen-bond acceptors (Lipinski definition) is 0. The van der Waals surface area contributed by atoms with E-state index in [1.165, 1.54) is 44.1 Å². The van der Waals surface area contributed by atoms with Gasteiger partial charge >= 0.3 is 0 Å². The van der Waals surface area contributed by atoms with Gasteiger partial charge in [-0.15, -0.1) is 0 Å². The molecule has 1 aliphatic carbocycles.